The van der Waals surface area contributed by atoms with E-state index >= 15 is 4.39 Å². The van der Waals surface area contributed by atoms with Gasteiger partial charge in [0, 0.05) is 29.9 Å². The maximum absolute atomic E-state index is 15.0. The van der Waals surface area contributed by atoms with Crippen molar-refractivity contribution in [3.05, 3.63) is 47.8 Å². The van der Waals surface area contributed by atoms with Crippen molar-refractivity contribution in [3.8, 4) is 18.2 Å². The highest BCUT2D eigenvalue weighted by atomic mass is 32.2. The van der Waals surface area contributed by atoms with Crippen LogP contribution in [0.15, 0.2) is 35.6 Å². The van der Waals surface area contributed by atoms with E-state index < -0.39 is 27.8 Å². The van der Waals surface area contributed by atoms with E-state index in [0.29, 0.717) is 11.0 Å². The first kappa shape index (κ1) is 24.2. The zero-order valence-electron chi connectivity index (χ0n) is 18.8. The molecule has 0 spiro atoms. The number of hydrogen-bond acceptors (Lipinski definition) is 9. The minimum absolute atomic E-state index is 0.0128. The lowest BCUT2D eigenvalue weighted by atomic mass is 9.82. The van der Waals surface area contributed by atoms with Crippen molar-refractivity contribution in [1.29, 1.82) is 0 Å². The Morgan fingerprint density at radius 2 is 2.11 bits per heavy atom. The van der Waals surface area contributed by atoms with Crippen LogP contribution < -0.4 is 21.5 Å². The average molecular weight is 498 g/mol. The Morgan fingerprint density at radius 3 is 2.83 bits per heavy atom. The number of fused-ring (bicyclic) bond motifs is 1. The molecule has 4 rings (SSSR count). The zero-order valence-corrected chi connectivity index (χ0v) is 19.6. The number of carbonyl (C=O) groups excluding carboxylic acids is 1. The number of amidine groups is 1. The van der Waals surface area contributed by atoms with Crippen LogP contribution in [-0.2, 0) is 10.3 Å². The van der Waals surface area contributed by atoms with E-state index in [2.05, 4.69) is 31.2 Å². The summed E-state index contributed by atoms with van der Waals surface area (Å²) in [5, 5.41) is 3.01. The van der Waals surface area contributed by atoms with Crippen molar-refractivity contribution in [3.63, 3.8) is 0 Å². The molecule has 0 saturated heterocycles. The fraction of sp³-hybridized carbons (Fsp3) is 0.261. The third-order valence-corrected chi connectivity index (χ3v) is 6.60. The van der Waals surface area contributed by atoms with E-state index in [0.717, 1.165) is 17.8 Å². The van der Waals surface area contributed by atoms with E-state index in [-0.39, 0.29) is 41.1 Å². The number of hydrogen-bond donors (Lipinski definition) is 3. The Morgan fingerprint density at radius 1 is 1.34 bits per heavy atom. The summed E-state index contributed by atoms with van der Waals surface area (Å²) in [6, 6.07) is 4.00. The maximum Gasteiger partial charge on any atom is 0.233 e. The first-order valence-corrected chi connectivity index (χ1v) is 11.1. The predicted octanol–water partition coefficient (Wildman–Crippen LogP) is 2.97. The van der Waals surface area contributed by atoms with Crippen LogP contribution >= 0.6 is 11.8 Å². The number of primary amides is 1. The highest BCUT2D eigenvalue weighted by Gasteiger charge is 2.47. The summed E-state index contributed by atoms with van der Waals surface area (Å²) < 4.78 is 33.9. The maximum atomic E-state index is 15.0. The number of terminal acetylenes is 1. The molecule has 2 aromatic heterocycles. The van der Waals surface area contributed by atoms with Gasteiger partial charge in [-0.05, 0) is 26.0 Å². The smallest absolute Gasteiger partial charge is 0.233 e. The Kier molecular flexibility index (Phi) is 6.21. The Labute approximate surface area is 203 Å². The van der Waals surface area contributed by atoms with E-state index in [1.807, 2.05) is 0 Å². The molecule has 0 radical (unpaired) electrons. The van der Waals surface area contributed by atoms with Crippen LogP contribution in [0, 0.1) is 24.0 Å². The first-order valence-electron chi connectivity index (χ1n) is 10.3. The number of thioether (sulfide) groups is 1. The topological polar surface area (TPSA) is 141 Å². The molecule has 0 fully saturated rings. The van der Waals surface area contributed by atoms with E-state index in [1.165, 1.54) is 18.5 Å². The number of aliphatic imine (C=N–C) groups is 1. The van der Waals surface area contributed by atoms with Crippen LogP contribution in [0.5, 0.6) is 5.88 Å². The van der Waals surface area contributed by atoms with E-state index in [9.17, 15) is 9.18 Å². The molecule has 35 heavy (non-hydrogen) atoms. The standard InChI is InChI=1S/C23H21F2N7O2S/c1-4-7-34-16-10-29-18-15(31-16)5-6-28-19(18)30-12-8-13(17(25)14(24)9-12)22(2)11-23(3,20(26)33)35-21(27)32-22/h1,5-6,8-10H,7,11H2,2-3H3,(H2,26,33)(H2,27,32)(H,28,30)/t22-,23+/m0/s1. The fourth-order valence-electron chi connectivity index (χ4n) is 3.92. The lowest BCUT2D eigenvalue weighted by Crippen LogP contribution is -2.48. The van der Waals surface area contributed by atoms with Gasteiger partial charge in [-0.25, -0.2) is 23.7 Å². The van der Waals surface area contributed by atoms with E-state index in [1.54, 1.807) is 19.9 Å². The van der Waals surface area contributed by atoms with Gasteiger partial charge < -0.3 is 21.5 Å². The number of halogens is 2. The number of aromatic nitrogens is 3. The number of nitrogens with one attached hydrogen (secondary N) is 1. The normalized spacial score (nSPS) is 21.7. The SMILES string of the molecule is C#CCOc1cnc2c(Nc3cc(F)c(F)c([C@]4(C)C[C@](C)(C(N)=O)SC(N)=N4)c3)nccc2n1. The van der Waals surface area contributed by atoms with Crippen LogP contribution in [0.4, 0.5) is 20.3 Å². The van der Waals surface area contributed by atoms with Gasteiger partial charge >= 0.3 is 0 Å². The van der Waals surface area contributed by atoms with Crippen LogP contribution in [-0.4, -0.2) is 37.4 Å². The Hall–Kier alpha value is -3.98. The van der Waals surface area contributed by atoms with Crippen molar-refractivity contribution in [1.82, 2.24) is 15.0 Å². The number of carbonyl (C=O) groups is 1. The molecule has 0 aliphatic carbocycles. The van der Waals surface area contributed by atoms with Crippen LogP contribution in [0.1, 0.15) is 25.8 Å². The number of anilines is 2. The molecule has 180 valence electrons. The minimum atomic E-state index is -1.35. The van der Waals surface area contributed by atoms with E-state index in [4.69, 9.17) is 22.6 Å². The number of rotatable bonds is 6. The second kappa shape index (κ2) is 8.99. The fourth-order valence-corrected chi connectivity index (χ4v) is 5.08. The molecule has 9 nitrogen and oxygen atoms in total. The van der Waals surface area contributed by atoms with Gasteiger partial charge in [0.05, 0.1) is 17.3 Å². The minimum Gasteiger partial charge on any atom is -0.463 e. The number of pyridine rings is 1. The quantitative estimate of drug-likeness (QED) is 0.442. The summed E-state index contributed by atoms with van der Waals surface area (Å²) in [5.74, 6) is -0.0195. The molecule has 2 atom stereocenters. The van der Waals surface area contributed by atoms with Gasteiger partial charge in [0.15, 0.2) is 29.2 Å². The molecular formula is C23H21F2N7O2S. The van der Waals surface area contributed by atoms with Crippen LogP contribution in [0.25, 0.3) is 11.0 Å². The number of nitrogens with two attached hydrogens (primary N) is 2. The predicted molar refractivity (Wildman–Crippen MR) is 130 cm³/mol. The molecule has 1 amide bonds. The summed E-state index contributed by atoms with van der Waals surface area (Å²) in [6.07, 6.45) is 8.07. The summed E-state index contributed by atoms with van der Waals surface area (Å²) in [7, 11) is 0. The highest BCUT2D eigenvalue weighted by molar-refractivity contribution is 8.15. The molecule has 3 aromatic rings. The lowest BCUT2D eigenvalue weighted by molar-refractivity contribution is -0.120. The van der Waals surface area contributed by atoms with Crippen molar-refractivity contribution < 1.29 is 18.3 Å². The van der Waals surface area contributed by atoms with Gasteiger partial charge in [-0.15, -0.1) is 6.42 Å². The lowest BCUT2D eigenvalue weighted by Gasteiger charge is -2.39. The number of benzene rings is 1. The molecule has 5 N–H and O–H groups in total. The molecule has 0 bridgehead atoms. The molecule has 12 heteroatoms. The monoisotopic (exact) mass is 497 g/mol. The molecule has 1 aromatic carbocycles. The zero-order chi connectivity index (χ0) is 25.4. The number of ether oxygens (including phenoxy) is 1. The van der Waals surface area contributed by atoms with Gasteiger partial charge in [0.25, 0.3) is 0 Å². The molecule has 1 aliphatic heterocycles. The average Bonchev–Trinajstić information content (AvgIpc) is 2.79. The molecule has 1 aliphatic rings. The van der Waals surface area contributed by atoms with Gasteiger partial charge in [0.2, 0.25) is 11.8 Å². The second-order valence-corrected chi connectivity index (χ2v) is 9.79. The van der Waals surface area contributed by atoms with Crippen molar-refractivity contribution >= 4 is 45.4 Å². The molecule has 0 unspecified atom stereocenters. The van der Waals surface area contributed by atoms with Crippen molar-refractivity contribution in [2.75, 3.05) is 11.9 Å². The van der Waals surface area contributed by atoms with Gasteiger partial charge in [0.1, 0.15) is 10.3 Å². The third kappa shape index (κ3) is 4.67. The first-order chi connectivity index (χ1) is 16.5. The third-order valence-electron chi connectivity index (χ3n) is 5.50. The number of amides is 1. The summed E-state index contributed by atoms with van der Waals surface area (Å²) in [4.78, 5) is 29.3. The van der Waals surface area contributed by atoms with Gasteiger partial charge in [-0.2, -0.15) is 0 Å². The highest BCUT2D eigenvalue weighted by Crippen LogP contribution is 2.46. The second-order valence-electron chi connectivity index (χ2n) is 8.27. The Balaban J connectivity index is 1.74. The van der Waals surface area contributed by atoms with Crippen molar-refractivity contribution in [2.24, 2.45) is 16.5 Å². The molecular weight excluding hydrogens is 476 g/mol. The van der Waals surface area contributed by atoms with Crippen LogP contribution in [0.2, 0.25) is 0 Å². The summed E-state index contributed by atoms with van der Waals surface area (Å²) in [6.45, 7) is 3.20. The Bertz CT molecular complexity index is 1410. The number of nitrogens with zero attached hydrogens (tertiary/aromatic N) is 4. The van der Waals surface area contributed by atoms with Crippen LogP contribution in [0.3, 0.4) is 0 Å². The van der Waals surface area contributed by atoms with Gasteiger partial charge in [-0.1, -0.05) is 17.7 Å². The van der Waals surface area contributed by atoms with Crippen molar-refractivity contribution in [2.45, 2.75) is 30.6 Å². The summed E-state index contributed by atoms with van der Waals surface area (Å²) in [5.41, 5.74) is 11.1. The molecule has 3 heterocycles. The van der Waals surface area contributed by atoms with Gasteiger partial charge in [-0.3, -0.25) is 9.79 Å². The molecule has 0 saturated carbocycles. The summed E-state index contributed by atoms with van der Waals surface area (Å²) >= 11 is 0.993. The largest absolute Gasteiger partial charge is 0.463 e.